The predicted molar refractivity (Wildman–Crippen MR) is 108 cm³/mol. The molecule has 0 radical (unpaired) electrons. The van der Waals surface area contributed by atoms with Gasteiger partial charge in [-0.15, -0.1) is 0 Å². The van der Waals surface area contributed by atoms with Crippen LogP contribution in [0.5, 0.6) is 0 Å². The number of pyridine rings is 1. The van der Waals surface area contributed by atoms with Gasteiger partial charge in [0.2, 0.25) is 5.78 Å². The van der Waals surface area contributed by atoms with E-state index in [1.807, 2.05) is 60.0 Å². The summed E-state index contributed by atoms with van der Waals surface area (Å²) in [6, 6.07) is 19.1. The minimum Gasteiger partial charge on any atom is -0.312 e. The van der Waals surface area contributed by atoms with Gasteiger partial charge in [0.25, 0.3) is 0 Å². The van der Waals surface area contributed by atoms with Gasteiger partial charge in [0.1, 0.15) is 5.82 Å². The van der Waals surface area contributed by atoms with Gasteiger partial charge in [-0.05, 0) is 73.2 Å². The van der Waals surface area contributed by atoms with Crippen LogP contribution in [0, 0.1) is 12.7 Å². The average Bonchev–Trinajstić information content (AvgIpc) is 2.95. The predicted octanol–water partition coefficient (Wildman–Crippen LogP) is 6.42. The second-order valence-corrected chi connectivity index (χ2v) is 7.67. The summed E-state index contributed by atoms with van der Waals surface area (Å²) in [5.41, 5.74) is 2.91. The molecule has 2 heterocycles. The smallest absolute Gasteiger partial charge is 0.210 e. The molecule has 4 rings (SSSR count). The first-order chi connectivity index (χ1) is 13.0. The van der Waals surface area contributed by atoms with E-state index in [9.17, 15) is 9.18 Å². The molecule has 27 heavy (non-hydrogen) atoms. The molecule has 0 aliphatic rings. The topological polar surface area (TPSA) is 21.5 Å². The summed E-state index contributed by atoms with van der Waals surface area (Å²) in [5.74, 6) is -0.487. The number of benzene rings is 2. The molecular formula is C22H15ClFNOS. The molecule has 0 aliphatic heterocycles. The Kier molecular flexibility index (Phi) is 4.77. The van der Waals surface area contributed by atoms with Crippen LogP contribution in [0.25, 0.3) is 5.52 Å². The molecule has 0 amide bonds. The molecule has 5 heteroatoms. The summed E-state index contributed by atoms with van der Waals surface area (Å²) in [6.45, 7) is 1.95. The molecule has 2 nitrogen and oxygen atoms in total. The van der Waals surface area contributed by atoms with Crippen LogP contribution in [0.3, 0.4) is 0 Å². The maximum Gasteiger partial charge on any atom is 0.210 e. The van der Waals surface area contributed by atoms with Gasteiger partial charge in [-0.25, -0.2) is 4.39 Å². The van der Waals surface area contributed by atoms with E-state index in [0.29, 0.717) is 16.3 Å². The number of rotatable bonds is 4. The molecule has 0 unspecified atom stereocenters. The largest absolute Gasteiger partial charge is 0.312 e. The van der Waals surface area contributed by atoms with E-state index < -0.39 is 0 Å². The highest BCUT2D eigenvalue weighted by atomic mass is 35.5. The summed E-state index contributed by atoms with van der Waals surface area (Å²) >= 11 is 7.58. The second kappa shape index (κ2) is 7.22. The van der Waals surface area contributed by atoms with Crippen LogP contribution in [0.4, 0.5) is 4.39 Å². The van der Waals surface area contributed by atoms with Crippen molar-refractivity contribution in [2.75, 3.05) is 0 Å². The normalized spacial score (nSPS) is 11.1. The summed E-state index contributed by atoms with van der Waals surface area (Å²) in [7, 11) is 0. The van der Waals surface area contributed by atoms with E-state index >= 15 is 0 Å². The van der Waals surface area contributed by atoms with Crippen molar-refractivity contribution in [1.29, 1.82) is 0 Å². The van der Waals surface area contributed by atoms with E-state index in [1.165, 1.54) is 24.3 Å². The van der Waals surface area contributed by atoms with Crippen LogP contribution < -0.4 is 0 Å². The number of hydrogen-bond donors (Lipinski definition) is 0. The number of hydrogen-bond acceptors (Lipinski definition) is 2. The van der Waals surface area contributed by atoms with E-state index in [4.69, 9.17) is 11.6 Å². The lowest BCUT2D eigenvalue weighted by Gasteiger charge is -2.04. The molecule has 0 aliphatic carbocycles. The maximum absolute atomic E-state index is 13.2. The fraction of sp³-hybridized carbons (Fsp3) is 0.0455. The first-order valence-corrected chi connectivity index (χ1v) is 9.57. The zero-order valence-corrected chi connectivity index (χ0v) is 16.0. The van der Waals surface area contributed by atoms with Crippen LogP contribution in [-0.2, 0) is 0 Å². The van der Waals surface area contributed by atoms with Crippen molar-refractivity contribution >= 4 is 34.7 Å². The summed E-state index contributed by atoms with van der Waals surface area (Å²) in [6.07, 6.45) is 1.88. The van der Waals surface area contributed by atoms with Crippen molar-refractivity contribution in [3.05, 3.63) is 101 Å². The Bertz CT molecular complexity index is 1130. The molecular weight excluding hydrogens is 381 g/mol. The first-order valence-electron chi connectivity index (χ1n) is 8.38. The van der Waals surface area contributed by atoms with Gasteiger partial charge in [0, 0.05) is 26.6 Å². The summed E-state index contributed by atoms with van der Waals surface area (Å²) < 4.78 is 15.1. The average molecular weight is 396 g/mol. The Balaban J connectivity index is 1.84. The standard InChI is InChI=1S/C22H15ClFNOS/c1-14-20(21(26)15-5-9-17(24)10-6-15)25-13-3-2-4-19(25)22(14)27-18-11-7-16(23)8-12-18/h2-13H,1H3. The van der Waals surface area contributed by atoms with Crippen molar-refractivity contribution in [2.24, 2.45) is 0 Å². The Morgan fingerprint density at radius 2 is 1.70 bits per heavy atom. The zero-order valence-electron chi connectivity index (χ0n) is 14.4. The Morgan fingerprint density at radius 1 is 1.00 bits per heavy atom. The number of aromatic nitrogens is 1. The number of halogens is 2. The van der Waals surface area contributed by atoms with Crippen molar-refractivity contribution < 1.29 is 9.18 Å². The van der Waals surface area contributed by atoms with Gasteiger partial charge in [0.15, 0.2) is 0 Å². The monoisotopic (exact) mass is 395 g/mol. The van der Waals surface area contributed by atoms with Crippen molar-refractivity contribution in [1.82, 2.24) is 4.40 Å². The number of nitrogens with zero attached hydrogens (tertiary/aromatic N) is 1. The third-order valence-corrected chi connectivity index (χ3v) is 5.86. The molecule has 0 N–H and O–H groups in total. The molecule has 2 aromatic carbocycles. The van der Waals surface area contributed by atoms with E-state index in [0.717, 1.165) is 20.9 Å². The summed E-state index contributed by atoms with van der Waals surface area (Å²) in [4.78, 5) is 15.2. The third kappa shape index (κ3) is 3.38. The minimum absolute atomic E-state index is 0.128. The highest BCUT2D eigenvalue weighted by molar-refractivity contribution is 7.99. The lowest BCUT2D eigenvalue weighted by molar-refractivity contribution is 0.103. The lowest BCUT2D eigenvalue weighted by atomic mass is 10.1. The summed E-state index contributed by atoms with van der Waals surface area (Å²) in [5, 5.41) is 0.685. The molecule has 134 valence electrons. The SMILES string of the molecule is Cc1c(Sc2ccc(Cl)cc2)c2ccccn2c1C(=O)c1ccc(F)cc1. The van der Waals surface area contributed by atoms with Crippen LogP contribution in [-0.4, -0.2) is 10.2 Å². The van der Waals surface area contributed by atoms with Gasteiger partial charge >= 0.3 is 0 Å². The van der Waals surface area contributed by atoms with Crippen molar-refractivity contribution in [3.63, 3.8) is 0 Å². The number of carbonyl (C=O) groups is 1. The number of carbonyl (C=O) groups excluding carboxylic acids is 1. The Hall–Kier alpha value is -2.56. The number of ketones is 1. The van der Waals surface area contributed by atoms with Crippen LogP contribution in [0.2, 0.25) is 5.02 Å². The molecule has 0 saturated carbocycles. The third-order valence-electron chi connectivity index (χ3n) is 4.38. The van der Waals surface area contributed by atoms with E-state index in [-0.39, 0.29) is 11.6 Å². The molecule has 4 aromatic rings. The Morgan fingerprint density at radius 3 is 2.41 bits per heavy atom. The highest BCUT2D eigenvalue weighted by Gasteiger charge is 2.22. The van der Waals surface area contributed by atoms with Crippen molar-refractivity contribution in [2.45, 2.75) is 16.7 Å². The van der Waals surface area contributed by atoms with Crippen LogP contribution in [0.1, 0.15) is 21.6 Å². The molecule has 2 aromatic heterocycles. The van der Waals surface area contributed by atoms with Gasteiger partial charge < -0.3 is 4.40 Å². The molecule has 0 atom stereocenters. The molecule has 0 fully saturated rings. The minimum atomic E-state index is -0.359. The van der Waals surface area contributed by atoms with Crippen LogP contribution in [0.15, 0.2) is 82.7 Å². The molecule has 0 spiro atoms. The first kappa shape index (κ1) is 17.8. The van der Waals surface area contributed by atoms with Crippen molar-refractivity contribution in [3.8, 4) is 0 Å². The number of fused-ring (bicyclic) bond motifs is 1. The molecule has 0 saturated heterocycles. The van der Waals surface area contributed by atoms with Gasteiger partial charge in [0.05, 0.1) is 11.2 Å². The van der Waals surface area contributed by atoms with Gasteiger partial charge in [-0.2, -0.15) is 0 Å². The fourth-order valence-electron chi connectivity index (χ4n) is 3.07. The Labute approximate surface area is 165 Å². The fourth-order valence-corrected chi connectivity index (χ4v) is 4.23. The van der Waals surface area contributed by atoms with E-state index in [1.54, 1.807) is 11.8 Å². The van der Waals surface area contributed by atoms with Gasteiger partial charge in [-0.3, -0.25) is 4.79 Å². The highest BCUT2D eigenvalue weighted by Crippen LogP contribution is 2.38. The van der Waals surface area contributed by atoms with Gasteiger partial charge in [-0.1, -0.05) is 29.4 Å². The van der Waals surface area contributed by atoms with Crippen LogP contribution >= 0.6 is 23.4 Å². The zero-order chi connectivity index (χ0) is 19.0. The quantitative estimate of drug-likeness (QED) is 0.372. The maximum atomic E-state index is 13.2. The molecule has 0 bridgehead atoms. The lowest BCUT2D eigenvalue weighted by Crippen LogP contribution is -2.06. The second-order valence-electron chi connectivity index (χ2n) is 6.15. The van der Waals surface area contributed by atoms with E-state index in [2.05, 4.69) is 0 Å².